The highest BCUT2D eigenvalue weighted by Crippen LogP contribution is 2.30. The summed E-state index contributed by atoms with van der Waals surface area (Å²) in [5.74, 6) is 0.918. The average molecular weight is 181 g/mol. The molecule has 1 aliphatic carbocycles. The van der Waals surface area contributed by atoms with Crippen LogP contribution in [-0.4, -0.2) is 12.6 Å². The van der Waals surface area contributed by atoms with Gasteiger partial charge in [-0.15, -0.1) is 0 Å². The molecule has 0 aromatic heterocycles. The molecular weight excluding hydrogens is 158 g/mol. The fourth-order valence-electron chi connectivity index (χ4n) is 1.83. The van der Waals surface area contributed by atoms with Crippen LogP contribution in [0.15, 0.2) is 11.6 Å². The summed E-state index contributed by atoms with van der Waals surface area (Å²) in [6, 6.07) is 0.652. The van der Waals surface area contributed by atoms with Crippen molar-refractivity contribution < 1.29 is 0 Å². The van der Waals surface area contributed by atoms with E-state index in [1.54, 1.807) is 0 Å². The van der Waals surface area contributed by atoms with Gasteiger partial charge in [0.15, 0.2) is 0 Å². The number of allylic oxidation sites excluding steroid dienone is 1. The van der Waals surface area contributed by atoms with Gasteiger partial charge in [0.2, 0.25) is 0 Å². The van der Waals surface area contributed by atoms with E-state index < -0.39 is 0 Å². The molecule has 0 heterocycles. The molecule has 1 N–H and O–H groups in total. The zero-order chi connectivity index (χ0) is 9.68. The number of nitrogens with one attached hydrogen (secondary N) is 1. The first-order valence-corrected chi connectivity index (χ1v) is 5.62. The molecule has 1 unspecified atom stereocenters. The summed E-state index contributed by atoms with van der Waals surface area (Å²) < 4.78 is 0. The van der Waals surface area contributed by atoms with E-state index in [1.807, 2.05) is 0 Å². The average Bonchev–Trinajstić information content (AvgIpc) is 1.95. The second-order valence-corrected chi connectivity index (χ2v) is 4.41. The van der Waals surface area contributed by atoms with E-state index >= 15 is 0 Å². The number of hydrogen-bond donors (Lipinski definition) is 1. The molecule has 1 aliphatic rings. The molecular formula is C12H23N. The van der Waals surface area contributed by atoms with Gasteiger partial charge in [-0.3, -0.25) is 0 Å². The molecule has 1 heteroatoms. The van der Waals surface area contributed by atoms with Crippen molar-refractivity contribution in [1.82, 2.24) is 5.32 Å². The monoisotopic (exact) mass is 181 g/mol. The quantitative estimate of drug-likeness (QED) is 0.643. The SMILES string of the molecule is CCCNC(C=C(C)C)C1CCC1. The molecule has 1 saturated carbocycles. The topological polar surface area (TPSA) is 12.0 Å². The van der Waals surface area contributed by atoms with Crippen LogP contribution >= 0.6 is 0 Å². The lowest BCUT2D eigenvalue weighted by Gasteiger charge is -2.33. The Morgan fingerprint density at radius 2 is 2.15 bits per heavy atom. The molecule has 1 nitrogen and oxygen atoms in total. The summed E-state index contributed by atoms with van der Waals surface area (Å²) in [4.78, 5) is 0. The molecule has 0 radical (unpaired) electrons. The van der Waals surface area contributed by atoms with Crippen molar-refractivity contribution in [3.63, 3.8) is 0 Å². The second kappa shape index (κ2) is 5.43. The Kier molecular flexibility index (Phi) is 4.51. The lowest BCUT2D eigenvalue weighted by atomic mass is 9.79. The van der Waals surface area contributed by atoms with Crippen molar-refractivity contribution in [2.75, 3.05) is 6.54 Å². The van der Waals surface area contributed by atoms with Crippen molar-refractivity contribution in [2.24, 2.45) is 5.92 Å². The van der Waals surface area contributed by atoms with Crippen LogP contribution in [-0.2, 0) is 0 Å². The Hall–Kier alpha value is -0.300. The second-order valence-electron chi connectivity index (χ2n) is 4.41. The van der Waals surface area contributed by atoms with E-state index in [2.05, 4.69) is 32.2 Å². The summed E-state index contributed by atoms with van der Waals surface area (Å²) in [5.41, 5.74) is 1.44. The van der Waals surface area contributed by atoms with Crippen LogP contribution in [0.4, 0.5) is 0 Å². The summed E-state index contributed by atoms with van der Waals surface area (Å²) in [6.45, 7) is 7.77. The van der Waals surface area contributed by atoms with E-state index in [0.29, 0.717) is 6.04 Å². The summed E-state index contributed by atoms with van der Waals surface area (Å²) in [6.07, 6.45) is 7.92. The molecule has 0 aromatic carbocycles. The highest BCUT2D eigenvalue weighted by atomic mass is 14.9. The minimum absolute atomic E-state index is 0.652. The van der Waals surface area contributed by atoms with Crippen LogP contribution < -0.4 is 5.32 Å². The lowest BCUT2D eigenvalue weighted by Crippen LogP contribution is -2.38. The summed E-state index contributed by atoms with van der Waals surface area (Å²) in [5, 5.41) is 3.63. The molecule has 0 spiro atoms. The maximum Gasteiger partial charge on any atom is 0.0280 e. The maximum atomic E-state index is 3.63. The number of hydrogen-bond acceptors (Lipinski definition) is 1. The zero-order valence-electron chi connectivity index (χ0n) is 9.27. The first-order chi connectivity index (χ1) is 6.24. The Labute approximate surface area is 82.6 Å². The van der Waals surface area contributed by atoms with Crippen LogP contribution in [0.3, 0.4) is 0 Å². The maximum absolute atomic E-state index is 3.63. The van der Waals surface area contributed by atoms with Crippen LogP contribution in [0.5, 0.6) is 0 Å². The predicted molar refractivity (Wildman–Crippen MR) is 58.9 cm³/mol. The molecule has 1 fully saturated rings. The molecule has 13 heavy (non-hydrogen) atoms. The lowest BCUT2D eigenvalue weighted by molar-refractivity contribution is 0.259. The van der Waals surface area contributed by atoms with Gasteiger partial charge in [-0.25, -0.2) is 0 Å². The van der Waals surface area contributed by atoms with E-state index in [0.717, 1.165) is 12.5 Å². The van der Waals surface area contributed by atoms with Crippen LogP contribution in [0.25, 0.3) is 0 Å². The normalized spacial score (nSPS) is 19.3. The largest absolute Gasteiger partial charge is 0.310 e. The molecule has 0 bridgehead atoms. The Morgan fingerprint density at radius 3 is 2.54 bits per heavy atom. The molecule has 1 atom stereocenters. The van der Waals surface area contributed by atoms with Gasteiger partial charge < -0.3 is 5.32 Å². The zero-order valence-corrected chi connectivity index (χ0v) is 9.27. The third-order valence-electron chi connectivity index (χ3n) is 2.80. The third-order valence-corrected chi connectivity index (χ3v) is 2.80. The molecule has 76 valence electrons. The van der Waals surface area contributed by atoms with Gasteiger partial charge in [0.05, 0.1) is 0 Å². The molecule has 0 aromatic rings. The van der Waals surface area contributed by atoms with E-state index in [4.69, 9.17) is 0 Å². The van der Waals surface area contributed by atoms with Gasteiger partial charge in [-0.05, 0) is 45.6 Å². The Bertz CT molecular complexity index is 164. The van der Waals surface area contributed by atoms with Crippen LogP contribution in [0.2, 0.25) is 0 Å². The highest BCUT2D eigenvalue weighted by molar-refractivity contribution is 5.04. The first kappa shape index (κ1) is 10.8. The molecule has 0 amide bonds. The highest BCUT2D eigenvalue weighted by Gasteiger charge is 2.24. The smallest absolute Gasteiger partial charge is 0.0280 e. The third kappa shape index (κ3) is 3.51. The van der Waals surface area contributed by atoms with Gasteiger partial charge in [-0.2, -0.15) is 0 Å². The van der Waals surface area contributed by atoms with Gasteiger partial charge >= 0.3 is 0 Å². The predicted octanol–water partition coefficient (Wildman–Crippen LogP) is 3.12. The van der Waals surface area contributed by atoms with Crippen molar-refractivity contribution in [3.05, 3.63) is 11.6 Å². The Balaban J connectivity index is 2.38. The van der Waals surface area contributed by atoms with Gasteiger partial charge in [0, 0.05) is 6.04 Å². The standard InChI is InChI=1S/C12H23N/c1-4-8-13-12(9-10(2)3)11-6-5-7-11/h9,11-13H,4-8H2,1-3H3. The number of rotatable bonds is 5. The minimum Gasteiger partial charge on any atom is -0.310 e. The van der Waals surface area contributed by atoms with Crippen molar-refractivity contribution >= 4 is 0 Å². The molecule has 0 saturated heterocycles. The molecule has 0 aliphatic heterocycles. The van der Waals surface area contributed by atoms with Crippen molar-refractivity contribution in [2.45, 2.75) is 52.5 Å². The summed E-state index contributed by atoms with van der Waals surface area (Å²) >= 11 is 0. The van der Waals surface area contributed by atoms with Gasteiger partial charge in [-0.1, -0.05) is 25.0 Å². The van der Waals surface area contributed by atoms with E-state index in [1.165, 1.54) is 31.3 Å². The van der Waals surface area contributed by atoms with Crippen molar-refractivity contribution in [3.8, 4) is 0 Å². The fraction of sp³-hybridized carbons (Fsp3) is 0.833. The Morgan fingerprint density at radius 1 is 1.46 bits per heavy atom. The van der Waals surface area contributed by atoms with Crippen LogP contribution in [0.1, 0.15) is 46.5 Å². The summed E-state index contributed by atoms with van der Waals surface area (Å²) in [7, 11) is 0. The van der Waals surface area contributed by atoms with E-state index in [9.17, 15) is 0 Å². The van der Waals surface area contributed by atoms with Crippen molar-refractivity contribution in [1.29, 1.82) is 0 Å². The minimum atomic E-state index is 0.652. The molecule has 1 rings (SSSR count). The van der Waals surface area contributed by atoms with Crippen LogP contribution in [0, 0.1) is 5.92 Å². The van der Waals surface area contributed by atoms with E-state index in [-0.39, 0.29) is 0 Å². The van der Waals surface area contributed by atoms with Gasteiger partial charge in [0.1, 0.15) is 0 Å². The fourth-order valence-corrected chi connectivity index (χ4v) is 1.83. The first-order valence-electron chi connectivity index (χ1n) is 5.62. The van der Waals surface area contributed by atoms with Gasteiger partial charge in [0.25, 0.3) is 0 Å².